The van der Waals surface area contributed by atoms with Gasteiger partial charge in [0.1, 0.15) is 5.75 Å². The molecule has 15 heavy (non-hydrogen) atoms. The summed E-state index contributed by atoms with van der Waals surface area (Å²) in [6.07, 6.45) is 3.03. The predicted molar refractivity (Wildman–Crippen MR) is 52.1 cm³/mol. The van der Waals surface area contributed by atoms with Crippen LogP contribution >= 0.6 is 0 Å². The van der Waals surface area contributed by atoms with E-state index in [1.807, 2.05) is 0 Å². The van der Waals surface area contributed by atoms with E-state index in [-0.39, 0.29) is 5.56 Å². The summed E-state index contributed by atoms with van der Waals surface area (Å²) in [6.45, 7) is 0. The molecule has 0 atom stereocenters. The Labute approximate surface area is 85.4 Å². The van der Waals surface area contributed by atoms with Crippen molar-refractivity contribution >= 4 is 5.97 Å². The Morgan fingerprint density at radius 2 is 2.07 bits per heavy atom. The van der Waals surface area contributed by atoms with Crippen LogP contribution in [0.1, 0.15) is 10.4 Å². The first-order valence-corrected chi connectivity index (χ1v) is 4.25. The third-order valence-corrected chi connectivity index (χ3v) is 1.80. The lowest BCUT2D eigenvalue weighted by atomic mass is 10.2. The number of ether oxygens (including phenoxy) is 1. The number of aromatic carboxylic acids is 1. The number of hydrogen-bond acceptors (Lipinski definition) is 3. The van der Waals surface area contributed by atoms with E-state index in [1.165, 1.54) is 24.7 Å². The van der Waals surface area contributed by atoms with E-state index in [9.17, 15) is 4.79 Å². The average molecular weight is 204 g/mol. The van der Waals surface area contributed by atoms with Crippen LogP contribution in [0.5, 0.6) is 11.6 Å². The van der Waals surface area contributed by atoms with Crippen LogP contribution in [-0.2, 0) is 0 Å². The molecule has 76 valence electrons. The maximum absolute atomic E-state index is 10.6. The van der Waals surface area contributed by atoms with Crippen molar-refractivity contribution in [3.8, 4) is 11.6 Å². The molecule has 0 aliphatic rings. The molecular formula is C10H8N2O3. The summed E-state index contributed by atoms with van der Waals surface area (Å²) in [5.41, 5.74) is 0.229. The number of carbonyl (C=O) groups is 1. The van der Waals surface area contributed by atoms with E-state index in [4.69, 9.17) is 9.84 Å². The number of imidazole rings is 1. The summed E-state index contributed by atoms with van der Waals surface area (Å²) >= 11 is 0. The number of benzene rings is 1. The van der Waals surface area contributed by atoms with Crippen molar-refractivity contribution in [1.29, 1.82) is 0 Å². The van der Waals surface area contributed by atoms with E-state index in [2.05, 4.69) is 9.97 Å². The van der Waals surface area contributed by atoms with Gasteiger partial charge in [-0.15, -0.1) is 0 Å². The van der Waals surface area contributed by atoms with Gasteiger partial charge in [-0.05, 0) is 24.3 Å². The molecule has 5 nitrogen and oxygen atoms in total. The summed E-state index contributed by atoms with van der Waals surface area (Å²) in [7, 11) is 0. The maximum Gasteiger partial charge on any atom is 0.335 e. The smallest absolute Gasteiger partial charge is 0.335 e. The molecule has 0 unspecified atom stereocenters. The predicted octanol–water partition coefficient (Wildman–Crippen LogP) is 1.90. The van der Waals surface area contributed by atoms with Crippen molar-refractivity contribution in [2.75, 3.05) is 0 Å². The summed E-state index contributed by atoms with van der Waals surface area (Å²) in [4.78, 5) is 17.1. The molecule has 0 saturated carbocycles. The Bertz CT molecular complexity index is 448. The maximum atomic E-state index is 10.6. The first-order valence-electron chi connectivity index (χ1n) is 4.25. The lowest BCUT2D eigenvalue weighted by molar-refractivity contribution is 0.0697. The number of H-pyrrole nitrogens is 1. The van der Waals surface area contributed by atoms with E-state index in [1.54, 1.807) is 12.1 Å². The molecule has 0 fully saturated rings. The molecule has 0 spiro atoms. The van der Waals surface area contributed by atoms with E-state index >= 15 is 0 Å². The monoisotopic (exact) mass is 204 g/mol. The molecule has 2 rings (SSSR count). The van der Waals surface area contributed by atoms with Crippen LogP contribution in [0, 0.1) is 0 Å². The third-order valence-electron chi connectivity index (χ3n) is 1.80. The van der Waals surface area contributed by atoms with Crippen molar-refractivity contribution in [2.45, 2.75) is 0 Å². The quantitative estimate of drug-likeness (QED) is 0.800. The summed E-state index contributed by atoms with van der Waals surface area (Å²) in [5, 5.41) is 8.68. The molecule has 0 radical (unpaired) electrons. The molecule has 0 aliphatic carbocycles. The highest BCUT2D eigenvalue weighted by molar-refractivity contribution is 5.87. The summed E-state index contributed by atoms with van der Waals surface area (Å²) in [6, 6.07) is 6.14. The highest BCUT2D eigenvalue weighted by atomic mass is 16.5. The van der Waals surface area contributed by atoms with Gasteiger partial charge in [-0.1, -0.05) is 0 Å². The van der Waals surface area contributed by atoms with Crippen LogP contribution in [-0.4, -0.2) is 21.0 Å². The molecule has 2 N–H and O–H groups in total. The highest BCUT2D eigenvalue weighted by Crippen LogP contribution is 2.18. The Hall–Kier alpha value is -2.30. The van der Waals surface area contributed by atoms with Crippen molar-refractivity contribution < 1.29 is 14.6 Å². The normalized spacial score (nSPS) is 9.87. The number of hydrogen-bond donors (Lipinski definition) is 2. The van der Waals surface area contributed by atoms with Gasteiger partial charge in [0.2, 0.25) is 5.88 Å². The van der Waals surface area contributed by atoms with Gasteiger partial charge in [0.25, 0.3) is 0 Å². The standard InChI is InChI=1S/C10H8N2O3/c13-10(14)7-1-3-8(4-2-7)15-9-5-11-6-12-9/h1-6H,(H,11,12)(H,13,14). The van der Waals surface area contributed by atoms with Gasteiger partial charge in [-0.2, -0.15) is 0 Å². The first kappa shape index (κ1) is 9.26. The van der Waals surface area contributed by atoms with Crippen LogP contribution in [0.25, 0.3) is 0 Å². The van der Waals surface area contributed by atoms with Gasteiger partial charge < -0.3 is 14.8 Å². The molecule has 0 bridgehead atoms. The fourth-order valence-electron chi connectivity index (χ4n) is 1.09. The second-order valence-electron chi connectivity index (χ2n) is 2.85. The highest BCUT2D eigenvalue weighted by Gasteiger charge is 2.02. The minimum atomic E-state index is -0.955. The molecular weight excluding hydrogens is 196 g/mol. The van der Waals surface area contributed by atoms with E-state index < -0.39 is 5.97 Å². The lowest BCUT2D eigenvalue weighted by Crippen LogP contribution is -1.95. The van der Waals surface area contributed by atoms with Crippen LogP contribution in [0.15, 0.2) is 36.8 Å². The molecule has 5 heteroatoms. The molecule has 1 aromatic carbocycles. The van der Waals surface area contributed by atoms with Crippen LogP contribution < -0.4 is 4.74 Å². The Kier molecular flexibility index (Phi) is 2.37. The minimum Gasteiger partial charge on any atom is -0.478 e. The van der Waals surface area contributed by atoms with Crippen molar-refractivity contribution in [3.05, 3.63) is 42.4 Å². The first-order chi connectivity index (χ1) is 7.25. The number of aromatic amines is 1. The molecule has 1 aromatic heterocycles. The molecule has 2 aromatic rings. The zero-order valence-electron chi connectivity index (χ0n) is 7.68. The zero-order chi connectivity index (χ0) is 10.7. The average Bonchev–Trinajstić information content (AvgIpc) is 2.71. The molecule has 0 amide bonds. The second-order valence-corrected chi connectivity index (χ2v) is 2.85. The minimum absolute atomic E-state index is 0.229. The van der Waals surface area contributed by atoms with Gasteiger partial charge in [0, 0.05) is 0 Å². The topological polar surface area (TPSA) is 75.2 Å². The number of nitrogens with zero attached hydrogens (tertiary/aromatic N) is 1. The van der Waals surface area contributed by atoms with E-state index in [0.29, 0.717) is 11.6 Å². The number of nitrogens with one attached hydrogen (secondary N) is 1. The fourth-order valence-corrected chi connectivity index (χ4v) is 1.09. The summed E-state index contributed by atoms with van der Waals surface area (Å²) in [5.74, 6) is 0.116. The second kappa shape index (κ2) is 3.83. The van der Waals surface area contributed by atoms with Gasteiger partial charge in [-0.3, -0.25) is 0 Å². The van der Waals surface area contributed by atoms with Gasteiger partial charge in [0.05, 0.1) is 18.1 Å². The number of carboxylic acids is 1. The Balaban J connectivity index is 2.14. The van der Waals surface area contributed by atoms with Crippen LogP contribution in [0.4, 0.5) is 0 Å². The SMILES string of the molecule is O=C(O)c1ccc(Oc2cnc[nH]2)cc1. The molecule has 0 aliphatic heterocycles. The fraction of sp³-hybridized carbons (Fsp3) is 0. The van der Waals surface area contributed by atoms with Crippen molar-refractivity contribution in [3.63, 3.8) is 0 Å². The number of aromatic nitrogens is 2. The Morgan fingerprint density at radius 3 is 2.60 bits per heavy atom. The van der Waals surface area contributed by atoms with Crippen molar-refractivity contribution in [1.82, 2.24) is 9.97 Å². The zero-order valence-corrected chi connectivity index (χ0v) is 7.68. The van der Waals surface area contributed by atoms with Gasteiger partial charge in [0.15, 0.2) is 0 Å². The van der Waals surface area contributed by atoms with Crippen molar-refractivity contribution in [2.24, 2.45) is 0 Å². The number of carboxylic acid groups (broad SMARTS) is 1. The van der Waals surface area contributed by atoms with Crippen LogP contribution in [0.3, 0.4) is 0 Å². The summed E-state index contributed by atoms with van der Waals surface area (Å²) < 4.78 is 5.34. The van der Waals surface area contributed by atoms with Crippen LogP contribution in [0.2, 0.25) is 0 Å². The molecule has 1 heterocycles. The third kappa shape index (κ3) is 2.14. The molecule has 0 saturated heterocycles. The number of rotatable bonds is 3. The van der Waals surface area contributed by atoms with E-state index in [0.717, 1.165) is 0 Å². The Morgan fingerprint density at radius 1 is 1.33 bits per heavy atom. The van der Waals surface area contributed by atoms with Gasteiger partial charge >= 0.3 is 5.97 Å². The van der Waals surface area contributed by atoms with Gasteiger partial charge in [-0.25, -0.2) is 9.78 Å². The largest absolute Gasteiger partial charge is 0.478 e. The lowest BCUT2D eigenvalue weighted by Gasteiger charge is -2.02.